The van der Waals surface area contributed by atoms with Crippen molar-refractivity contribution in [3.05, 3.63) is 39.5 Å². The summed E-state index contributed by atoms with van der Waals surface area (Å²) >= 11 is 3.35. The second kappa shape index (κ2) is 4.13. The first-order chi connectivity index (χ1) is 7.56. The average molecular weight is 283 g/mol. The zero-order chi connectivity index (χ0) is 11.7. The second-order valence-corrected chi connectivity index (χ2v) is 4.43. The van der Waals surface area contributed by atoms with Crippen LogP contribution < -0.4 is 10.9 Å². The van der Waals surface area contributed by atoms with Crippen LogP contribution in [0, 0.1) is 0 Å². The van der Waals surface area contributed by atoms with Gasteiger partial charge in [-0.15, -0.1) is 0 Å². The molecule has 2 rings (SSSR count). The summed E-state index contributed by atoms with van der Waals surface area (Å²) in [6.07, 6.45) is 5.19. The molecule has 0 radical (unpaired) electrons. The second-order valence-electron chi connectivity index (χ2n) is 3.52. The first-order valence-corrected chi connectivity index (χ1v) is 5.47. The maximum absolute atomic E-state index is 11.8. The van der Waals surface area contributed by atoms with E-state index < -0.39 is 0 Å². The lowest BCUT2D eigenvalue weighted by Gasteiger charge is -2.05. The molecule has 84 valence electrons. The van der Waals surface area contributed by atoms with Crippen molar-refractivity contribution in [2.24, 2.45) is 14.1 Å². The van der Waals surface area contributed by atoms with Crippen molar-refractivity contribution in [1.82, 2.24) is 14.3 Å². The Morgan fingerprint density at radius 1 is 1.38 bits per heavy atom. The van der Waals surface area contributed by atoms with Crippen molar-refractivity contribution in [3.63, 3.8) is 0 Å². The molecule has 6 heteroatoms. The number of rotatable bonds is 2. The zero-order valence-corrected chi connectivity index (χ0v) is 10.5. The molecule has 0 bridgehead atoms. The lowest BCUT2D eigenvalue weighted by atomic mass is 10.4. The van der Waals surface area contributed by atoms with Crippen molar-refractivity contribution in [3.8, 4) is 0 Å². The molecule has 0 aliphatic heterocycles. The Balaban J connectivity index is 2.38. The van der Waals surface area contributed by atoms with Crippen LogP contribution in [0.3, 0.4) is 0 Å². The Morgan fingerprint density at radius 3 is 2.75 bits per heavy atom. The quantitative estimate of drug-likeness (QED) is 0.911. The SMILES string of the molecule is Cn1cc(Nc2cc(Br)cn(C)c2=O)cn1. The van der Waals surface area contributed by atoms with E-state index in [1.54, 1.807) is 36.4 Å². The highest BCUT2D eigenvalue weighted by molar-refractivity contribution is 9.10. The molecule has 0 saturated carbocycles. The predicted molar refractivity (Wildman–Crippen MR) is 65.9 cm³/mol. The molecule has 2 aromatic heterocycles. The van der Waals surface area contributed by atoms with E-state index in [2.05, 4.69) is 26.3 Å². The van der Waals surface area contributed by atoms with E-state index in [0.29, 0.717) is 5.69 Å². The summed E-state index contributed by atoms with van der Waals surface area (Å²) in [7, 11) is 3.53. The third-order valence-electron chi connectivity index (χ3n) is 2.13. The summed E-state index contributed by atoms with van der Waals surface area (Å²) in [4.78, 5) is 11.8. The Morgan fingerprint density at radius 2 is 2.12 bits per heavy atom. The van der Waals surface area contributed by atoms with E-state index in [4.69, 9.17) is 0 Å². The Kier molecular flexibility index (Phi) is 2.82. The zero-order valence-electron chi connectivity index (χ0n) is 8.94. The lowest BCUT2D eigenvalue weighted by molar-refractivity contribution is 0.768. The number of aryl methyl sites for hydroxylation is 2. The normalized spacial score (nSPS) is 10.4. The molecule has 2 aromatic rings. The van der Waals surface area contributed by atoms with Gasteiger partial charge in [0.1, 0.15) is 5.69 Å². The summed E-state index contributed by atoms with van der Waals surface area (Å²) in [6, 6.07) is 1.75. The molecular weight excluding hydrogens is 272 g/mol. The number of aromatic nitrogens is 3. The maximum atomic E-state index is 11.8. The van der Waals surface area contributed by atoms with Crippen LogP contribution in [-0.4, -0.2) is 14.3 Å². The molecule has 0 aliphatic rings. The standard InChI is InChI=1S/C10H11BrN4O/c1-14-5-7(11)3-9(10(14)16)13-8-4-12-15(2)6-8/h3-6,13H,1-2H3. The van der Waals surface area contributed by atoms with E-state index in [1.165, 1.54) is 4.57 Å². The molecule has 0 fully saturated rings. The topological polar surface area (TPSA) is 51.9 Å². The molecule has 0 aromatic carbocycles. The summed E-state index contributed by atoms with van der Waals surface area (Å²) in [6.45, 7) is 0. The number of anilines is 2. The molecule has 0 atom stereocenters. The van der Waals surface area contributed by atoms with Gasteiger partial charge in [-0.3, -0.25) is 9.48 Å². The van der Waals surface area contributed by atoms with E-state index in [0.717, 1.165) is 10.2 Å². The van der Waals surface area contributed by atoms with Crippen LogP contribution in [0.1, 0.15) is 0 Å². The summed E-state index contributed by atoms with van der Waals surface area (Å²) in [5, 5.41) is 7.05. The van der Waals surface area contributed by atoms with Crippen LogP contribution in [-0.2, 0) is 14.1 Å². The van der Waals surface area contributed by atoms with Gasteiger partial charge in [0, 0.05) is 31.0 Å². The molecule has 0 aliphatic carbocycles. The van der Waals surface area contributed by atoms with Crippen molar-refractivity contribution in [2.45, 2.75) is 0 Å². The van der Waals surface area contributed by atoms with E-state index in [9.17, 15) is 4.79 Å². The van der Waals surface area contributed by atoms with Gasteiger partial charge in [-0.1, -0.05) is 0 Å². The summed E-state index contributed by atoms with van der Waals surface area (Å²) in [5.74, 6) is 0. The van der Waals surface area contributed by atoms with Gasteiger partial charge in [-0.25, -0.2) is 0 Å². The van der Waals surface area contributed by atoms with Gasteiger partial charge in [0.25, 0.3) is 5.56 Å². The molecule has 16 heavy (non-hydrogen) atoms. The van der Waals surface area contributed by atoms with Gasteiger partial charge in [0.05, 0.1) is 11.9 Å². The van der Waals surface area contributed by atoms with E-state index in [-0.39, 0.29) is 5.56 Å². The predicted octanol–water partition coefficient (Wildman–Crippen LogP) is 1.62. The fourth-order valence-corrected chi connectivity index (χ4v) is 1.94. The summed E-state index contributed by atoms with van der Waals surface area (Å²) < 4.78 is 4.04. The van der Waals surface area contributed by atoms with Gasteiger partial charge in [-0.05, 0) is 22.0 Å². The highest BCUT2D eigenvalue weighted by Crippen LogP contribution is 2.15. The van der Waals surface area contributed by atoms with Gasteiger partial charge >= 0.3 is 0 Å². The fraction of sp³-hybridized carbons (Fsp3) is 0.200. The number of pyridine rings is 1. The smallest absolute Gasteiger partial charge is 0.274 e. The fourth-order valence-electron chi connectivity index (χ4n) is 1.40. The number of hydrogen-bond donors (Lipinski definition) is 1. The molecule has 0 spiro atoms. The molecule has 1 N–H and O–H groups in total. The van der Waals surface area contributed by atoms with Crippen molar-refractivity contribution < 1.29 is 0 Å². The van der Waals surface area contributed by atoms with Gasteiger partial charge in [0.2, 0.25) is 0 Å². The molecule has 5 nitrogen and oxygen atoms in total. The molecule has 0 saturated heterocycles. The average Bonchev–Trinajstić information content (AvgIpc) is 2.60. The largest absolute Gasteiger partial charge is 0.348 e. The number of hydrogen-bond acceptors (Lipinski definition) is 3. The number of halogens is 1. The first kappa shape index (κ1) is 10.9. The monoisotopic (exact) mass is 282 g/mol. The molecular formula is C10H11BrN4O. The highest BCUT2D eigenvalue weighted by Gasteiger charge is 2.04. The van der Waals surface area contributed by atoms with E-state index >= 15 is 0 Å². The third kappa shape index (κ3) is 2.16. The van der Waals surface area contributed by atoms with Crippen LogP contribution in [0.4, 0.5) is 11.4 Å². The minimum absolute atomic E-state index is 0.0768. The van der Waals surface area contributed by atoms with Crippen molar-refractivity contribution in [1.29, 1.82) is 0 Å². The Hall–Kier alpha value is -1.56. The van der Waals surface area contributed by atoms with E-state index in [1.807, 2.05) is 7.05 Å². The van der Waals surface area contributed by atoms with Crippen molar-refractivity contribution >= 4 is 27.3 Å². The molecule has 0 unspecified atom stereocenters. The molecule has 0 amide bonds. The summed E-state index contributed by atoms with van der Waals surface area (Å²) in [5.41, 5.74) is 1.23. The van der Waals surface area contributed by atoms with Gasteiger partial charge < -0.3 is 9.88 Å². The van der Waals surface area contributed by atoms with Crippen LogP contribution in [0.25, 0.3) is 0 Å². The minimum Gasteiger partial charge on any atom is -0.348 e. The lowest BCUT2D eigenvalue weighted by Crippen LogP contribution is -2.18. The Labute approximate surface area is 101 Å². The first-order valence-electron chi connectivity index (χ1n) is 4.68. The minimum atomic E-state index is -0.0768. The van der Waals surface area contributed by atoms with Crippen LogP contribution >= 0.6 is 15.9 Å². The number of nitrogens with zero attached hydrogens (tertiary/aromatic N) is 3. The highest BCUT2D eigenvalue weighted by atomic mass is 79.9. The van der Waals surface area contributed by atoms with Gasteiger partial charge in [0.15, 0.2) is 0 Å². The van der Waals surface area contributed by atoms with Crippen LogP contribution in [0.15, 0.2) is 33.9 Å². The maximum Gasteiger partial charge on any atom is 0.274 e. The van der Waals surface area contributed by atoms with Gasteiger partial charge in [-0.2, -0.15) is 5.10 Å². The Bertz CT molecular complexity index is 572. The molecule has 2 heterocycles. The third-order valence-corrected chi connectivity index (χ3v) is 2.57. The van der Waals surface area contributed by atoms with Crippen molar-refractivity contribution in [2.75, 3.05) is 5.32 Å². The number of nitrogens with one attached hydrogen (secondary N) is 1. The van der Waals surface area contributed by atoms with Crippen LogP contribution in [0.2, 0.25) is 0 Å². The van der Waals surface area contributed by atoms with Crippen LogP contribution in [0.5, 0.6) is 0 Å².